The average molecular weight is 457 g/mol. The highest BCUT2D eigenvalue weighted by molar-refractivity contribution is 9.10. The average Bonchev–Trinajstić information content (AvgIpc) is 3.01. The van der Waals surface area contributed by atoms with E-state index in [1.54, 1.807) is 18.2 Å². The molecule has 134 valence electrons. The molecule has 3 aromatic rings. The van der Waals surface area contributed by atoms with Gasteiger partial charge in [-0.3, -0.25) is 0 Å². The Hall–Kier alpha value is -2.35. The Bertz CT molecular complexity index is 1140. The Morgan fingerprint density at radius 3 is 2.88 bits per heavy atom. The third kappa shape index (κ3) is 3.46. The Kier molecular flexibility index (Phi) is 5.04. The quantitative estimate of drug-likeness (QED) is 0.608. The molecular weight excluding hydrogens is 446 g/mol. The zero-order valence-corrected chi connectivity index (χ0v) is 16.4. The molecule has 0 atom stereocenters. The molecule has 2 aromatic heterocycles. The first-order chi connectivity index (χ1) is 12.4. The molecular formula is C15H11BrClN5O3S. The smallest absolute Gasteiger partial charge is 0.266 e. The number of sulfonamides is 1. The lowest BCUT2D eigenvalue weighted by Gasteiger charge is -2.10. The molecule has 0 spiro atoms. The molecule has 2 N–H and O–H groups in total. The van der Waals surface area contributed by atoms with Gasteiger partial charge >= 0.3 is 0 Å². The number of fused-ring (bicyclic) bond motifs is 1. The number of benzene rings is 1. The van der Waals surface area contributed by atoms with E-state index in [-0.39, 0.29) is 23.1 Å². The van der Waals surface area contributed by atoms with Crippen LogP contribution in [0.1, 0.15) is 5.69 Å². The number of nitrogens with one attached hydrogen (secondary N) is 2. The molecule has 0 unspecified atom stereocenters. The second-order valence-corrected chi connectivity index (χ2v) is 7.98. The van der Waals surface area contributed by atoms with Crippen LogP contribution in [-0.4, -0.2) is 30.5 Å². The Labute approximate surface area is 162 Å². The van der Waals surface area contributed by atoms with Gasteiger partial charge in [0.05, 0.1) is 25.3 Å². The van der Waals surface area contributed by atoms with Gasteiger partial charge in [0.2, 0.25) is 11.8 Å². The second-order valence-electron chi connectivity index (χ2n) is 5.10. The summed E-state index contributed by atoms with van der Waals surface area (Å²) in [6, 6.07) is 6.78. The van der Waals surface area contributed by atoms with Gasteiger partial charge in [0.15, 0.2) is 0 Å². The number of rotatable bonds is 5. The van der Waals surface area contributed by atoms with Crippen LogP contribution in [0.15, 0.2) is 33.8 Å². The van der Waals surface area contributed by atoms with Crippen molar-refractivity contribution in [3.05, 3.63) is 39.6 Å². The van der Waals surface area contributed by atoms with Crippen molar-refractivity contribution in [1.82, 2.24) is 15.0 Å². The molecule has 0 aliphatic rings. The normalized spacial score (nSPS) is 11.3. The van der Waals surface area contributed by atoms with Gasteiger partial charge in [-0.1, -0.05) is 11.6 Å². The first-order valence-electron chi connectivity index (χ1n) is 7.12. The van der Waals surface area contributed by atoms with Crippen molar-refractivity contribution in [2.75, 3.05) is 11.8 Å². The van der Waals surface area contributed by atoms with Crippen LogP contribution in [-0.2, 0) is 16.4 Å². The van der Waals surface area contributed by atoms with Gasteiger partial charge in [0.1, 0.15) is 9.37 Å². The van der Waals surface area contributed by atoms with Gasteiger partial charge in [-0.15, -0.1) is 0 Å². The van der Waals surface area contributed by atoms with Crippen molar-refractivity contribution in [2.45, 2.75) is 11.3 Å². The van der Waals surface area contributed by atoms with E-state index in [1.807, 2.05) is 6.07 Å². The number of nitriles is 1. The number of hydrogen-bond acceptors (Lipinski definition) is 6. The van der Waals surface area contributed by atoms with Crippen LogP contribution < -0.4 is 9.46 Å². The standard InChI is InChI=1S/C15H11BrClN5O3S/c1-25-14-13(16)10(4-5-18)20-15(21-14)22-26(23,24)12-7-19-11-6-8(17)2-3-9(11)12/h2-3,6-7,19H,4H2,1H3,(H,20,21,22). The summed E-state index contributed by atoms with van der Waals surface area (Å²) < 4.78 is 33.3. The minimum absolute atomic E-state index is 0.0245. The number of aromatic amines is 1. The summed E-state index contributed by atoms with van der Waals surface area (Å²) in [4.78, 5) is 11.0. The van der Waals surface area contributed by atoms with Crippen molar-refractivity contribution in [2.24, 2.45) is 0 Å². The minimum atomic E-state index is -3.98. The summed E-state index contributed by atoms with van der Waals surface area (Å²) in [7, 11) is -2.60. The largest absolute Gasteiger partial charge is 0.480 e. The number of anilines is 1. The van der Waals surface area contributed by atoms with E-state index in [2.05, 4.69) is 35.6 Å². The van der Waals surface area contributed by atoms with Crippen LogP contribution in [0.25, 0.3) is 10.9 Å². The van der Waals surface area contributed by atoms with E-state index < -0.39 is 10.0 Å². The van der Waals surface area contributed by atoms with Crippen molar-refractivity contribution in [3.63, 3.8) is 0 Å². The van der Waals surface area contributed by atoms with Crippen LogP contribution in [0, 0.1) is 11.3 Å². The number of H-pyrrole nitrogens is 1. The first-order valence-corrected chi connectivity index (χ1v) is 9.78. The Morgan fingerprint density at radius 2 is 2.19 bits per heavy atom. The van der Waals surface area contributed by atoms with Crippen LogP contribution in [0.4, 0.5) is 5.95 Å². The summed E-state index contributed by atoms with van der Waals surface area (Å²) in [6.07, 6.45) is 1.31. The predicted octanol–water partition coefficient (Wildman–Crippen LogP) is 3.25. The van der Waals surface area contributed by atoms with Crippen molar-refractivity contribution < 1.29 is 13.2 Å². The summed E-state index contributed by atoms with van der Waals surface area (Å²) in [5.74, 6) is -0.0766. The van der Waals surface area contributed by atoms with Gasteiger partial charge in [-0.25, -0.2) is 18.1 Å². The molecule has 0 fully saturated rings. The van der Waals surface area contributed by atoms with Crippen molar-refractivity contribution in [1.29, 1.82) is 5.26 Å². The lowest BCUT2D eigenvalue weighted by atomic mass is 10.2. The van der Waals surface area contributed by atoms with Crippen LogP contribution in [0.5, 0.6) is 5.88 Å². The molecule has 0 radical (unpaired) electrons. The molecule has 8 nitrogen and oxygen atoms in total. The van der Waals surface area contributed by atoms with Gasteiger partial charge in [0, 0.05) is 22.1 Å². The highest BCUT2D eigenvalue weighted by Crippen LogP contribution is 2.29. The van der Waals surface area contributed by atoms with E-state index in [9.17, 15) is 8.42 Å². The van der Waals surface area contributed by atoms with E-state index in [0.29, 0.717) is 26.1 Å². The second kappa shape index (κ2) is 7.11. The maximum atomic E-state index is 12.8. The maximum Gasteiger partial charge on any atom is 0.266 e. The molecule has 11 heteroatoms. The number of ether oxygens (including phenoxy) is 1. The van der Waals surface area contributed by atoms with Crippen LogP contribution in [0.3, 0.4) is 0 Å². The third-order valence-electron chi connectivity index (χ3n) is 3.45. The van der Waals surface area contributed by atoms with E-state index in [0.717, 1.165) is 0 Å². The fourth-order valence-electron chi connectivity index (χ4n) is 2.31. The molecule has 0 aliphatic heterocycles. The van der Waals surface area contributed by atoms with Crippen LogP contribution >= 0.6 is 27.5 Å². The predicted molar refractivity (Wildman–Crippen MR) is 99.7 cm³/mol. The number of methoxy groups -OCH3 is 1. The Balaban J connectivity index is 2.04. The molecule has 0 saturated carbocycles. The molecule has 3 rings (SSSR count). The van der Waals surface area contributed by atoms with Gasteiger partial charge < -0.3 is 9.72 Å². The molecule has 0 bridgehead atoms. The number of halogens is 2. The van der Waals surface area contributed by atoms with Crippen molar-refractivity contribution in [3.8, 4) is 11.9 Å². The molecule has 0 aliphatic carbocycles. The zero-order valence-electron chi connectivity index (χ0n) is 13.2. The Morgan fingerprint density at radius 1 is 1.42 bits per heavy atom. The monoisotopic (exact) mass is 455 g/mol. The van der Waals surface area contributed by atoms with E-state index in [4.69, 9.17) is 21.6 Å². The minimum Gasteiger partial charge on any atom is -0.480 e. The molecule has 26 heavy (non-hydrogen) atoms. The van der Waals surface area contributed by atoms with Gasteiger partial charge in [0.25, 0.3) is 10.0 Å². The first kappa shape index (κ1) is 18.4. The highest BCUT2D eigenvalue weighted by atomic mass is 79.9. The summed E-state index contributed by atoms with van der Waals surface area (Å²) in [5, 5.41) is 9.86. The lowest BCUT2D eigenvalue weighted by Crippen LogP contribution is -2.16. The maximum absolute atomic E-state index is 12.8. The fraction of sp³-hybridized carbons (Fsp3) is 0.133. The van der Waals surface area contributed by atoms with Gasteiger partial charge in [-0.05, 0) is 34.1 Å². The molecule has 1 aromatic carbocycles. The van der Waals surface area contributed by atoms with E-state index in [1.165, 1.54) is 13.3 Å². The van der Waals surface area contributed by atoms with Gasteiger partial charge in [-0.2, -0.15) is 10.2 Å². The van der Waals surface area contributed by atoms with Crippen molar-refractivity contribution >= 4 is 54.4 Å². The zero-order chi connectivity index (χ0) is 18.9. The number of aromatic nitrogens is 3. The number of hydrogen-bond donors (Lipinski definition) is 2. The van der Waals surface area contributed by atoms with E-state index >= 15 is 0 Å². The van der Waals surface area contributed by atoms with Crippen LogP contribution in [0.2, 0.25) is 5.02 Å². The topological polar surface area (TPSA) is 121 Å². The molecule has 0 saturated heterocycles. The summed E-state index contributed by atoms with van der Waals surface area (Å²) in [5.41, 5.74) is 0.889. The summed E-state index contributed by atoms with van der Waals surface area (Å²) in [6.45, 7) is 0. The number of nitrogens with zero attached hydrogens (tertiary/aromatic N) is 3. The highest BCUT2D eigenvalue weighted by Gasteiger charge is 2.22. The third-order valence-corrected chi connectivity index (χ3v) is 5.85. The fourth-order valence-corrected chi connectivity index (χ4v) is 4.09. The SMILES string of the molecule is COc1nc(NS(=O)(=O)c2c[nH]c3cc(Cl)ccc23)nc(CC#N)c1Br. The summed E-state index contributed by atoms with van der Waals surface area (Å²) >= 11 is 9.16. The molecule has 2 heterocycles. The lowest BCUT2D eigenvalue weighted by molar-refractivity contribution is 0.394. The molecule has 0 amide bonds.